The van der Waals surface area contributed by atoms with Crippen LogP contribution in [-0.2, 0) is 19.1 Å². The molecule has 2 aromatic heterocycles. The summed E-state index contributed by atoms with van der Waals surface area (Å²) in [5, 5.41) is 5.68. The first kappa shape index (κ1) is 30.7. The molecule has 0 spiro atoms. The molecule has 7 nitrogen and oxygen atoms in total. The van der Waals surface area contributed by atoms with Crippen LogP contribution < -0.4 is 15.5 Å². The van der Waals surface area contributed by atoms with Crippen molar-refractivity contribution in [3.8, 4) is 11.3 Å². The minimum atomic E-state index is -4.47. The molecule has 2 N–H and O–H groups in total. The standard InChI is InChI=1S/C34H34F3N5O2/c1-2-8-26-11-7-12-30(40-26)33(44)41-29-14-13-27(42-17-4-3-5-18-42)21-28(29)31-20-24(15-16-38-31)32(43)39-22-23-9-6-10-25(19-23)34(35,36)37/h6-7,9-16,19-21H,2-5,8,17-18,22H2,1H3,(H,39,43)(H,41,44). The van der Waals surface area contributed by atoms with Crippen LogP contribution in [0.5, 0.6) is 0 Å². The molecule has 1 fully saturated rings. The second-order valence-electron chi connectivity index (χ2n) is 10.8. The normalized spacial score (nSPS) is 13.4. The molecule has 44 heavy (non-hydrogen) atoms. The topological polar surface area (TPSA) is 87.2 Å². The third-order valence-electron chi connectivity index (χ3n) is 7.52. The zero-order chi connectivity index (χ0) is 31.1. The molecular formula is C34H34F3N5O2. The average Bonchev–Trinajstić information content (AvgIpc) is 3.04. The number of aryl methyl sites for hydroxylation is 1. The highest BCUT2D eigenvalue weighted by molar-refractivity contribution is 6.05. The molecule has 0 radical (unpaired) electrons. The fourth-order valence-corrected chi connectivity index (χ4v) is 5.25. The van der Waals surface area contributed by atoms with E-state index >= 15 is 0 Å². The lowest BCUT2D eigenvalue weighted by molar-refractivity contribution is -0.137. The van der Waals surface area contributed by atoms with Crippen molar-refractivity contribution in [1.29, 1.82) is 0 Å². The number of benzene rings is 2. The fourth-order valence-electron chi connectivity index (χ4n) is 5.25. The van der Waals surface area contributed by atoms with Crippen molar-refractivity contribution in [3.63, 3.8) is 0 Å². The summed E-state index contributed by atoms with van der Waals surface area (Å²) in [6, 6.07) is 19.2. The molecule has 0 bridgehead atoms. The minimum Gasteiger partial charge on any atom is -0.372 e. The van der Waals surface area contributed by atoms with Gasteiger partial charge in [-0.15, -0.1) is 0 Å². The zero-order valence-corrected chi connectivity index (χ0v) is 24.5. The van der Waals surface area contributed by atoms with Gasteiger partial charge >= 0.3 is 6.18 Å². The number of alkyl halides is 3. The maximum atomic E-state index is 13.3. The van der Waals surface area contributed by atoms with Gasteiger partial charge in [0.15, 0.2) is 0 Å². The largest absolute Gasteiger partial charge is 0.416 e. The van der Waals surface area contributed by atoms with Gasteiger partial charge in [0, 0.05) is 48.3 Å². The number of hydrogen-bond donors (Lipinski definition) is 2. The van der Waals surface area contributed by atoms with Crippen LogP contribution in [0.3, 0.4) is 0 Å². The fraction of sp³-hybridized carbons (Fsp3) is 0.294. The van der Waals surface area contributed by atoms with Crippen LogP contribution in [0.15, 0.2) is 79.0 Å². The Labute approximate surface area is 254 Å². The van der Waals surface area contributed by atoms with Crippen molar-refractivity contribution >= 4 is 23.2 Å². The van der Waals surface area contributed by atoms with Gasteiger partial charge in [0.25, 0.3) is 11.8 Å². The molecule has 0 saturated carbocycles. The Kier molecular flexibility index (Phi) is 9.57. The number of carbonyl (C=O) groups excluding carboxylic acids is 2. The lowest BCUT2D eigenvalue weighted by Crippen LogP contribution is -2.29. The summed E-state index contributed by atoms with van der Waals surface area (Å²) in [5.41, 5.74) is 3.61. The van der Waals surface area contributed by atoms with Gasteiger partial charge in [0.2, 0.25) is 0 Å². The van der Waals surface area contributed by atoms with Gasteiger partial charge in [-0.3, -0.25) is 14.6 Å². The third kappa shape index (κ3) is 7.61. The molecule has 5 rings (SSSR count). The van der Waals surface area contributed by atoms with E-state index in [2.05, 4.69) is 32.4 Å². The van der Waals surface area contributed by atoms with Crippen LogP contribution in [0.25, 0.3) is 11.3 Å². The molecule has 0 unspecified atom stereocenters. The summed E-state index contributed by atoms with van der Waals surface area (Å²) in [4.78, 5) is 37.7. The summed E-state index contributed by atoms with van der Waals surface area (Å²) < 4.78 is 39.3. The quantitative estimate of drug-likeness (QED) is 0.210. The number of nitrogens with zero attached hydrogens (tertiary/aromatic N) is 3. The van der Waals surface area contributed by atoms with E-state index in [-0.39, 0.29) is 18.0 Å². The van der Waals surface area contributed by atoms with E-state index in [1.165, 1.54) is 24.8 Å². The van der Waals surface area contributed by atoms with Gasteiger partial charge < -0.3 is 15.5 Å². The molecule has 3 heterocycles. The average molecular weight is 602 g/mol. The first-order valence-electron chi connectivity index (χ1n) is 14.8. The molecule has 10 heteroatoms. The molecule has 1 saturated heterocycles. The molecule has 1 aliphatic rings. The van der Waals surface area contributed by atoms with Crippen molar-refractivity contribution in [3.05, 3.63) is 107 Å². The van der Waals surface area contributed by atoms with Crippen LogP contribution in [0.4, 0.5) is 24.5 Å². The highest BCUT2D eigenvalue weighted by Gasteiger charge is 2.30. The Morgan fingerprint density at radius 3 is 2.48 bits per heavy atom. The van der Waals surface area contributed by atoms with Crippen molar-refractivity contribution in [1.82, 2.24) is 15.3 Å². The Morgan fingerprint density at radius 2 is 1.70 bits per heavy atom. The number of hydrogen-bond acceptors (Lipinski definition) is 5. The van der Waals surface area contributed by atoms with Crippen molar-refractivity contribution in [2.75, 3.05) is 23.3 Å². The highest BCUT2D eigenvalue weighted by atomic mass is 19.4. The Bertz CT molecular complexity index is 1630. The number of halogens is 3. The number of anilines is 2. The van der Waals surface area contributed by atoms with Crippen LogP contribution >= 0.6 is 0 Å². The van der Waals surface area contributed by atoms with Gasteiger partial charge in [0.1, 0.15) is 5.69 Å². The number of carbonyl (C=O) groups is 2. The molecule has 4 aromatic rings. The lowest BCUT2D eigenvalue weighted by Gasteiger charge is -2.29. The molecule has 1 aliphatic heterocycles. The second-order valence-corrected chi connectivity index (χ2v) is 10.8. The molecule has 0 atom stereocenters. The lowest BCUT2D eigenvalue weighted by atomic mass is 10.0. The maximum absolute atomic E-state index is 13.3. The summed E-state index contributed by atoms with van der Waals surface area (Å²) >= 11 is 0. The zero-order valence-electron chi connectivity index (χ0n) is 24.5. The van der Waals surface area contributed by atoms with Gasteiger partial charge in [-0.05, 0) is 85.8 Å². The summed E-state index contributed by atoms with van der Waals surface area (Å²) in [7, 11) is 0. The van der Waals surface area contributed by atoms with Gasteiger partial charge in [-0.1, -0.05) is 31.5 Å². The van der Waals surface area contributed by atoms with Crippen LogP contribution in [0.2, 0.25) is 0 Å². The Morgan fingerprint density at radius 1 is 0.909 bits per heavy atom. The van der Waals surface area contributed by atoms with E-state index in [0.717, 1.165) is 62.3 Å². The Hall–Kier alpha value is -4.73. The number of amides is 2. The van der Waals surface area contributed by atoms with Gasteiger partial charge in [0.05, 0.1) is 16.9 Å². The first-order chi connectivity index (χ1) is 21.2. The van der Waals surface area contributed by atoms with Gasteiger partial charge in [-0.25, -0.2) is 4.98 Å². The number of aromatic nitrogens is 2. The highest BCUT2D eigenvalue weighted by Crippen LogP contribution is 2.33. The van der Waals surface area contributed by atoms with Crippen molar-refractivity contribution in [2.45, 2.75) is 51.7 Å². The van der Waals surface area contributed by atoms with Crippen LogP contribution in [0, 0.1) is 0 Å². The maximum Gasteiger partial charge on any atom is 0.416 e. The molecule has 0 aliphatic carbocycles. The number of rotatable bonds is 9. The van der Waals surface area contributed by atoms with E-state index in [4.69, 9.17) is 0 Å². The smallest absolute Gasteiger partial charge is 0.372 e. The monoisotopic (exact) mass is 601 g/mol. The molecular weight excluding hydrogens is 567 g/mol. The number of piperidine rings is 1. The van der Waals surface area contributed by atoms with Gasteiger partial charge in [-0.2, -0.15) is 13.2 Å². The number of pyridine rings is 2. The van der Waals surface area contributed by atoms with E-state index in [0.29, 0.717) is 28.2 Å². The van der Waals surface area contributed by atoms with E-state index < -0.39 is 17.6 Å². The van der Waals surface area contributed by atoms with E-state index in [1.54, 1.807) is 18.2 Å². The SMILES string of the molecule is CCCc1cccc(C(=O)Nc2ccc(N3CCCCC3)cc2-c2cc(C(=O)NCc3cccc(C(F)(F)F)c3)ccn2)n1. The summed E-state index contributed by atoms with van der Waals surface area (Å²) in [5.74, 6) is -0.814. The van der Waals surface area contributed by atoms with Crippen LogP contribution in [0.1, 0.15) is 70.3 Å². The van der Waals surface area contributed by atoms with Crippen molar-refractivity contribution in [2.24, 2.45) is 0 Å². The van der Waals surface area contributed by atoms with E-state index in [1.807, 2.05) is 30.3 Å². The van der Waals surface area contributed by atoms with E-state index in [9.17, 15) is 22.8 Å². The summed E-state index contributed by atoms with van der Waals surface area (Å²) in [6.45, 7) is 3.82. The molecule has 2 aromatic carbocycles. The molecule has 2 amide bonds. The first-order valence-corrected chi connectivity index (χ1v) is 14.8. The summed E-state index contributed by atoms with van der Waals surface area (Å²) in [6.07, 6.45) is 2.08. The minimum absolute atomic E-state index is 0.0732. The number of nitrogens with one attached hydrogen (secondary N) is 2. The van der Waals surface area contributed by atoms with Crippen LogP contribution in [-0.4, -0.2) is 34.9 Å². The second kappa shape index (κ2) is 13.7. The Balaban J connectivity index is 1.41. The third-order valence-corrected chi connectivity index (χ3v) is 7.52. The molecule has 228 valence electrons. The van der Waals surface area contributed by atoms with Crippen molar-refractivity contribution < 1.29 is 22.8 Å². The predicted octanol–water partition coefficient (Wildman–Crippen LogP) is 7.29. The predicted molar refractivity (Wildman–Crippen MR) is 165 cm³/mol.